The number of thioether (sulfide) groups is 2. The van der Waals surface area contributed by atoms with E-state index in [1.165, 1.54) is 37.4 Å². The lowest BCUT2D eigenvalue weighted by atomic mass is 10.1. The van der Waals surface area contributed by atoms with Gasteiger partial charge in [0.05, 0.1) is 6.54 Å². The fraction of sp³-hybridized carbons (Fsp3) is 0.633. The van der Waals surface area contributed by atoms with Crippen molar-refractivity contribution in [1.29, 1.82) is 0 Å². The van der Waals surface area contributed by atoms with Crippen molar-refractivity contribution in [3.05, 3.63) is 29.3 Å². The molecule has 3 amide bonds. The van der Waals surface area contributed by atoms with E-state index in [1.54, 1.807) is 47.6 Å². The van der Waals surface area contributed by atoms with Gasteiger partial charge < -0.3 is 30.2 Å². The van der Waals surface area contributed by atoms with Gasteiger partial charge in [-0.1, -0.05) is 29.6 Å². The Bertz CT molecular complexity index is 1100. The molecule has 1 aromatic carbocycles. The first-order chi connectivity index (χ1) is 19.9. The van der Waals surface area contributed by atoms with E-state index >= 15 is 0 Å². The number of carbonyl (C=O) groups is 5. The maximum Gasteiger partial charge on any atom is 0.408 e. The third-order valence-corrected chi connectivity index (χ3v) is 7.03. The van der Waals surface area contributed by atoms with Crippen LogP contribution in [0.2, 0.25) is 0 Å². The minimum absolute atomic E-state index is 0.00643. The molecule has 1 atom stereocenters. The fourth-order valence-electron chi connectivity index (χ4n) is 3.49. The average Bonchev–Trinajstić information content (AvgIpc) is 2.86. The molecule has 0 bridgehead atoms. The Labute approximate surface area is 263 Å². The van der Waals surface area contributed by atoms with Gasteiger partial charge in [-0.25, -0.2) is 9.59 Å². The molecule has 1 aromatic rings. The predicted molar refractivity (Wildman–Crippen MR) is 170 cm³/mol. The lowest BCUT2D eigenvalue weighted by molar-refractivity contribution is -0.123. The molecule has 0 unspecified atom stereocenters. The van der Waals surface area contributed by atoms with E-state index < -0.39 is 29.4 Å². The summed E-state index contributed by atoms with van der Waals surface area (Å²) in [7, 11) is 0. The van der Waals surface area contributed by atoms with E-state index in [1.807, 2.05) is 12.1 Å². The SMILES string of the molecule is CC(=O)SCc1ccc(OCCNC(=O)[C@H](CCCCNC(=O)OC(C)(C)C)NC(=O)OC(C)(C)C)cc1CSC(C)=O. The molecule has 43 heavy (non-hydrogen) atoms. The number of hydrogen-bond donors (Lipinski definition) is 3. The van der Waals surface area contributed by atoms with Gasteiger partial charge in [0.2, 0.25) is 5.91 Å². The van der Waals surface area contributed by atoms with Gasteiger partial charge in [0, 0.05) is 31.9 Å². The molecule has 3 N–H and O–H groups in total. The minimum Gasteiger partial charge on any atom is -0.492 e. The fourth-order valence-corrected chi connectivity index (χ4v) is 4.76. The molecule has 0 aromatic heterocycles. The van der Waals surface area contributed by atoms with Crippen LogP contribution >= 0.6 is 23.5 Å². The average molecular weight is 642 g/mol. The van der Waals surface area contributed by atoms with Gasteiger partial charge >= 0.3 is 12.2 Å². The predicted octanol–water partition coefficient (Wildman–Crippen LogP) is 5.33. The van der Waals surface area contributed by atoms with Crippen molar-refractivity contribution < 1.29 is 38.2 Å². The molecule has 0 spiro atoms. The second-order valence-electron chi connectivity index (χ2n) is 11.8. The molecule has 0 radical (unpaired) electrons. The minimum atomic E-state index is -0.843. The van der Waals surface area contributed by atoms with Gasteiger partial charge in [-0.05, 0) is 84.1 Å². The molecule has 0 saturated heterocycles. The van der Waals surface area contributed by atoms with Crippen LogP contribution in [-0.4, -0.2) is 65.3 Å². The molecule has 0 fully saturated rings. The number of alkyl carbamates (subject to hydrolysis) is 2. The van der Waals surface area contributed by atoms with Crippen LogP contribution in [0.1, 0.15) is 85.8 Å². The van der Waals surface area contributed by atoms with Gasteiger partial charge in [-0.3, -0.25) is 14.4 Å². The van der Waals surface area contributed by atoms with Crippen molar-refractivity contribution in [3.8, 4) is 5.75 Å². The van der Waals surface area contributed by atoms with Crippen molar-refractivity contribution in [2.45, 2.75) is 103 Å². The first-order valence-corrected chi connectivity index (χ1v) is 16.2. The van der Waals surface area contributed by atoms with Gasteiger partial charge in [0.1, 0.15) is 29.6 Å². The van der Waals surface area contributed by atoms with Crippen molar-refractivity contribution >= 4 is 51.8 Å². The number of hydrogen-bond acceptors (Lipinski definition) is 10. The number of amides is 3. The summed E-state index contributed by atoms with van der Waals surface area (Å²) in [4.78, 5) is 60.1. The Morgan fingerprint density at radius 3 is 1.93 bits per heavy atom. The summed E-state index contributed by atoms with van der Waals surface area (Å²) < 4.78 is 16.4. The van der Waals surface area contributed by atoms with Crippen molar-refractivity contribution in [2.75, 3.05) is 19.7 Å². The molecule has 0 heterocycles. The van der Waals surface area contributed by atoms with Crippen LogP contribution < -0.4 is 20.7 Å². The summed E-state index contributed by atoms with van der Waals surface area (Å²) in [5, 5.41) is 8.11. The second-order valence-corrected chi connectivity index (χ2v) is 14.1. The van der Waals surface area contributed by atoms with Crippen molar-refractivity contribution in [3.63, 3.8) is 0 Å². The Morgan fingerprint density at radius 2 is 1.35 bits per heavy atom. The second kappa shape index (κ2) is 18.7. The van der Waals surface area contributed by atoms with E-state index in [9.17, 15) is 24.0 Å². The van der Waals surface area contributed by atoms with Gasteiger partial charge in [0.15, 0.2) is 10.2 Å². The summed E-state index contributed by atoms with van der Waals surface area (Å²) in [5.74, 6) is 1.15. The molecule has 0 saturated carbocycles. The van der Waals surface area contributed by atoms with Crippen LogP contribution in [0.3, 0.4) is 0 Å². The highest BCUT2D eigenvalue weighted by molar-refractivity contribution is 8.13. The summed E-state index contributed by atoms with van der Waals surface area (Å²) in [6, 6.07) is 4.66. The first-order valence-electron chi connectivity index (χ1n) is 14.2. The van der Waals surface area contributed by atoms with Gasteiger partial charge in [-0.15, -0.1) is 0 Å². The third kappa shape index (κ3) is 19.1. The van der Waals surface area contributed by atoms with E-state index in [4.69, 9.17) is 14.2 Å². The Kier molecular flexibility index (Phi) is 16.5. The molecule has 13 heteroatoms. The van der Waals surface area contributed by atoms with E-state index in [-0.39, 0.29) is 29.3 Å². The number of carbonyl (C=O) groups excluding carboxylic acids is 5. The summed E-state index contributed by atoms with van der Waals surface area (Å²) in [5.41, 5.74) is 0.535. The van der Waals surface area contributed by atoms with Crippen molar-refractivity contribution in [2.24, 2.45) is 0 Å². The smallest absolute Gasteiger partial charge is 0.408 e. The summed E-state index contributed by atoms with van der Waals surface area (Å²) in [6.45, 7) is 14.3. The monoisotopic (exact) mass is 641 g/mol. The highest BCUT2D eigenvalue weighted by atomic mass is 32.2. The summed E-state index contributed by atoms with van der Waals surface area (Å²) in [6.07, 6.45) is 0.250. The Morgan fingerprint density at radius 1 is 0.767 bits per heavy atom. The maximum atomic E-state index is 13.0. The number of rotatable bonds is 15. The molecular weight excluding hydrogens is 594 g/mol. The largest absolute Gasteiger partial charge is 0.492 e. The highest BCUT2D eigenvalue weighted by Crippen LogP contribution is 2.26. The van der Waals surface area contributed by atoms with Crippen LogP contribution in [0.5, 0.6) is 5.75 Å². The van der Waals surface area contributed by atoms with Crippen LogP contribution in [0, 0.1) is 0 Å². The quantitative estimate of drug-likeness (QED) is 0.215. The highest BCUT2D eigenvalue weighted by Gasteiger charge is 2.24. The van der Waals surface area contributed by atoms with Crippen LogP contribution in [-0.2, 0) is 35.4 Å². The molecule has 0 aliphatic heterocycles. The molecule has 242 valence electrons. The zero-order valence-corrected chi connectivity index (χ0v) is 28.2. The molecule has 0 aliphatic rings. The maximum absolute atomic E-state index is 13.0. The van der Waals surface area contributed by atoms with Crippen LogP contribution in [0.4, 0.5) is 9.59 Å². The normalized spacial score (nSPS) is 12.1. The van der Waals surface area contributed by atoms with Gasteiger partial charge in [-0.2, -0.15) is 0 Å². The zero-order chi connectivity index (χ0) is 32.6. The lowest BCUT2D eigenvalue weighted by Gasteiger charge is -2.23. The van der Waals surface area contributed by atoms with E-state index in [0.29, 0.717) is 43.1 Å². The van der Waals surface area contributed by atoms with Gasteiger partial charge in [0.25, 0.3) is 0 Å². The van der Waals surface area contributed by atoms with Crippen LogP contribution in [0.15, 0.2) is 18.2 Å². The summed E-state index contributed by atoms with van der Waals surface area (Å²) >= 11 is 2.38. The Balaban J connectivity index is 2.70. The topological polar surface area (TPSA) is 149 Å². The van der Waals surface area contributed by atoms with E-state index in [0.717, 1.165) is 11.1 Å². The number of nitrogens with one attached hydrogen (secondary N) is 3. The molecule has 1 rings (SSSR count). The molecule has 11 nitrogen and oxygen atoms in total. The van der Waals surface area contributed by atoms with Crippen molar-refractivity contribution in [1.82, 2.24) is 16.0 Å². The van der Waals surface area contributed by atoms with Crippen LogP contribution in [0.25, 0.3) is 0 Å². The number of ether oxygens (including phenoxy) is 3. The number of unbranched alkanes of at least 4 members (excludes halogenated alkanes) is 1. The zero-order valence-electron chi connectivity index (χ0n) is 26.5. The first kappa shape index (κ1) is 38.1. The molecular formula is C30H47N3O8S2. The Hall–Kier alpha value is -2.93. The van der Waals surface area contributed by atoms with E-state index in [2.05, 4.69) is 16.0 Å². The standard InChI is InChI=1S/C30H47N3O8S2/c1-20(34)42-18-22-12-13-24(17-23(22)19-43-21(2)35)39-16-15-31-26(36)25(33-28(38)41-30(6,7)8)11-9-10-14-32-27(37)40-29(3,4)5/h12-13,17,25H,9-11,14-16,18-19H2,1-8H3,(H,31,36)(H,32,37)(H,33,38)/t25-/m0/s1. The molecule has 0 aliphatic carbocycles. The lowest BCUT2D eigenvalue weighted by Crippen LogP contribution is -2.48. The third-order valence-electron chi connectivity index (χ3n) is 5.30. The number of benzene rings is 1.